The second kappa shape index (κ2) is 8.44. The maximum absolute atomic E-state index is 12.8. The van der Waals surface area contributed by atoms with Gasteiger partial charge >= 0.3 is 11.9 Å². The Morgan fingerprint density at radius 1 is 0.919 bits per heavy atom. The number of aliphatic hydroxyl groups is 2. The van der Waals surface area contributed by atoms with Crippen molar-refractivity contribution < 1.29 is 30.0 Å². The summed E-state index contributed by atoms with van der Waals surface area (Å²) in [6.45, 7) is 10.6. The van der Waals surface area contributed by atoms with Gasteiger partial charge in [0.25, 0.3) is 0 Å². The molecule has 0 saturated heterocycles. The molecule has 4 N–H and O–H groups in total. The molecule has 208 valence electrons. The first kappa shape index (κ1) is 27.5. The van der Waals surface area contributed by atoms with E-state index in [2.05, 4.69) is 27.7 Å². The van der Waals surface area contributed by atoms with Crippen LogP contribution in [0.1, 0.15) is 92.4 Å². The van der Waals surface area contributed by atoms with E-state index in [1.165, 1.54) is 11.1 Å². The van der Waals surface area contributed by atoms with Crippen molar-refractivity contribution in [1.29, 1.82) is 0 Å². The lowest BCUT2D eigenvalue weighted by Crippen LogP contribution is -2.67. The fourth-order valence-electron chi connectivity index (χ4n) is 10.6. The summed E-state index contributed by atoms with van der Waals surface area (Å²) >= 11 is 6.72. The standard InChI is InChI=1S/C30H45ClO6/c1-26(2)10-11-30(25(36)37)9-6-17-22(18(30)13-26)16(15-31)12-21-27(17,3)8-7-20-28(21,4)14-19(32)23(33)29(20,5)24(34)35/h16,18-21,23,32-33H,6-15H2,1-5H3,(H,34,35)(H,36,37)/t16-,18+,19+,20+,21+,23+,27+,28+,29+,30-/m1/s1. The molecule has 5 aliphatic rings. The minimum absolute atomic E-state index is 0.0207. The molecule has 7 heteroatoms. The molecule has 0 spiro atoms. The van der Waals surface area contributed by atoms with Gasteiger partial charge in [-0.1, -0.05) is 38.8 Å². The minimum atomic E-state index is -1.42. The van der Waals surface area contributed by atoms with Crippen LogP contribution < -0.4 is 0 Å². The van der Waals surface area contributed by atoms with Gasteiger partial charge in [-0.2, -0.15) is 0 Å². The third kappa shape index (κ3) is 3.50. The van der Waals surface area contributed by atoms with Gasteiger partial charge in [0.15, 0.2) is 0 Å². The molecule has 6 nitrogen and oxygen atoms in total. The SMILES string of the molecule is CC1(C)CC[C@]2(C(=O)O)CCC3=C([C@@H](CCl)C[C@@H]4[C@@]5(C)C[C@H](O)[C@H](O)[C@@](C)(C(=O)O)[C@H]5CC[C@@]34C)[C@@H]2C1. The van der Waals surface area contributed by atoms with Crippen LogP contribution in [-0.4, -0.2) is 50.5 Å². The van der Waals surface area contributed by atoms with E-state index in [1.54, 1.807) is 6.92 Å². The van der Waals surface area contributed by atoms with Crippen molar-refractivity contribution in [3.63, 3.8) is 0 Å². The van der Waals surface area contributed by atoms with Gasteiger partial charge in [-0.25, -0.2) is 0 Å². The Morgan fingerprint density at radius 3 is 2.19 bits per heavy atom. The molecule has 0 aromatic carbocycles. The molecule has 0 unspecified atom stereocenters. The Balaban J connectivity index is 1.65. The first-order valence-corrected chi connectivity index (χ1v) is 14.7. The summed E-state index contributed by atoms with van der Waals surface area (Å²) in [5.74, 6) is -1.43. The third-order valence-electron chi connectivity index (χ3n) is 12.6. The summed E-state index contributed by atoms with van der Waals surface area (Å²) < 4.78 is 0. The molecular weight excluding hydrogens is 492 g/mol. The summed E-state index contributed by atoms with van der Waals surface area (Å²) in [6.07, 6.45) is 4.09. The zero-order valence-corrected chi connectivity index (χ0v) is 23.8. The highest BCUT2D eigenvalue weighted by Gasteiger charge is 2.69. The summed E-state index contributed by atoms with van der Waals surface area (Å²) in [4.78, 5) is 25.4. The molecule has 5 rings (SSSR count). The molecule has 5 aliphatic carbocycles. The number of allylic oxidation sites excluding steroid dienone is 2. The molecule has 0 radical (unpaired) electrons. The molecule has 10 atom stereocenters. The maximum atomic E-state index is 12.8. The van der Waals surface area contributed by atoms with E-state index in [9.17, 15) is 30.0 Å². The van der Waals surface area contributed by atoms with E-state index in [4.69, 9.17) is 11.6 Å². The van der Waals surface area contributed by atoms with Crippen molar-refractivity contribution in [2.45, 2.75) is 105 Å². The van der Waals surface area contributed by atoms with Crippen LogP contribution in [0.5, 0.6) is 0 Å². The average Bonchev–Trinajstić information content (AvgIpc) is 2.81. The van der Waals surface area contributed by atoms with Gasteiger partial charge in [0.2, 0.25) is 0 Å². The highest BCUT2D eigenvalue weighted by atomic mass is 35.5. The molecule has 3 saturated carbocycles. The molecule has 0 aromatic rings. The number of hydrogen-bond donors (Lipinski definition) is 4. The summed E-state index contributed by atoms with van der Waals surface area (Å²) in [6, 6.07) is 0. The highest BCUT2D eigenvalue weighted by Crippen LogP contribution is 2.72. The molecule has 3 fully saturated rings. The lowest BCUT2D eigenvalue weighted by molar-refractivity contribution is -0.225. The van der Waals surface area contributed by atoms with E-state index in [0.29, 0.717) is 31.6 Å². The van der Waals surface area contributed by atoms with Crippen LogP contribution in [0, 0.1) is 50.7 Å². The van der Waals surface area contributed by atoms with Crippen LogP contribution in [0.25, 0.3) is 0 Å². The highest BCUT2D eigenvalue weighted by molar-refractivity contribution is 6.18. The van der Waals surface area contributed by atoms with Crippen molar-refractivity contribution in [3.05, 3.63) is 11.1 Å². The molecule has 0 amide bonds. The van der Waals surface area contributed by atoms with E-state index in [0.717, 1.165) is 32.1 Å². The van der Waals surface area contributed by atoms with Gasteiger partial charge in [-0.15, -0.1) is 11.6 Å². The molecule has 0 aromatic heterocycles. The number of alkyl halides is 1. The summed E-state index contributed by atoms with van der Waals surface area (Å²) in [5, 5.41) is 42.7. The van der Waals surface area contributed by atoms with Crippen LogP contribution in [-0.2, 0) is 9.59 Å². The quantitative estimate of drug-likeness (QED) is 0.280. The Bertz CT molecular complexity index is 1040. The lowest BCUT2D eigenvalue weighted by Gasteiger charge is -2.67. The fraction of sp³-hybridized carbons (Fsp3) is 0.867. The van der Waals surface area contributed by atoms with Gasteiger partial charge in [-0.3, -0.25) is 9.59 Å². The normalized spacial score (nSPS) is 50.8. The van der Waals surface area contributed by atoms with Crippen molar-refractivity contribution >= 4 is 23.5 Å². The van der Waals surface area contributed by atoms with Crippen molar-refractivity contribution in [2.75, 3.05) is 5.88 Å². The van der Waals surface area contributed by atoms with E-state index in [1.807, 2.05) is 0 Å². The van der Waals surface area contributed by atoms with Crippen molar-refractivity contribution in [2.24, 2.45) is 50.7 Å². The first-order valence-electron chi connectivity index (χ1n) is 14.2. The summed E-state index contributed by atoms with van der Waals surface area (Å²) in [7, 11) is 0. The Kier molecular flexibility index (Phi) is 6.27. The second-order valence-electron chi connectivity index (χ2n) is 14.8. The van der Waals surface area contributed by atoms with Gasteiger partial charge in [0.05, 0.1) is 23.0 Å². The number of rotatable bonds is 3. The number of hydrogen-bond acceptors (Lipinski definition) is 4. The summed E-state index contributed by atoms with van der Waals surface area (Å²) in [5.41, 5.74) is -0.0655. The fourth-order valence-corrected chi connectivity index (χ4v) is 10.9. The molecule has 0 heterocycles. The maximum Gasteiger partial charge on any atom is 0.312 e. The molecular formula is C30H45ClO6. The van der Waals surface area contributed by atoms with Crippen molar-refractivity contribution in [3.8, 4) is 0 Å². The van der Waals surface area contributed by atoms with E-state index in [-0.39, 0.29) is 34.5 Å². The zero-order valence-electron chi connectivity index (χ0n) is 23.0. The average molecular weight is 537 g/mol. The molecule has 0 aliphatic heterocycles. The van der Waals surface area contributed by atoms with E-state index < -0.39 is 40.4 Å². The predicted octanol–water partition coefficient (Wildman–Crippen LogP) is 5.49. The second-order valence-corrected chi connectivity index (χ2v) is 15.1. The van der Waals surface area contributed by atoms with Gasteiger partial charge in [0.1, 0.15) is 0 Å². The Hall–Kier alpha value is -1.11. The zero-order chi connectivity index (χ0) is 27.3. The first-order chi connectivity index (χ1) is 17.1. The monoisotopic (exact) mass is 536 g/mol. The largest absolute Gasteiger partial charge is 0.481 e. The number of aliphatic hydroxyl groups excluding tert-OH is 2. The van der Waals surface area contributed by atoms with Gasteiger partial charge < -0.3 is 20.4 Å². The van der Waals surface area contributed by atoms with Crippen molar-refractivity contribution in [1.82, 2.24) is 0 Å². The Labute approximate surface area is 225 Å². The van der Waals surface area contributed by atoms with Crippen LogP contribution in [0.2, 0.25) is 0 Å². The number of aliphatic carboxylic acids is 2. The van der Waals surface area contributed by atoms with Crippen LogP contribution in [0.4, 0.5) is 0 Å². The minimum Gasteiger partial charge on any atom is -0.481 e. The van der Waals surface area contributed by atoms with E-state index >= 15 is 0 Å². The van der Waals surface area contributed by atoms with Gasteiger partial charge in [-0.05, 0) is 105 Å². The number of halogens is 1. The number of carbonyl (C=O) groups is 2. The van der Waals surface area contributed by atoms with Crippen LogP contribution in [0.3, 0.4) is 0 Å². The predicted molar refractivity (Wildman–Crippen MR) is 141 cm³/mol. The van der Waals surface area contributed by atoms with Gasteiger partial charge in [0, 0.05) is 5.88 Å². The number of carboxylic acids is 2. The third-order valence-corrected chi connectivity index (χ3v) is 13.0. The number of carboxylic acid groups (broad SMARTS) is 2. The molecule has 37 heavy (non-hydrogen) atoms. The van der Waals surface area contributed by atoms with Crippen LogP contribution >= 0.6 is 11.6 Å². The van der Waals surface area contributed by atoms with Crippen LogP contribution in [0.15, 0.2) is 11.1 Å². The smallest absolute Gasteiger partial charge is 0.312 e. The number of fused-ring (bicyclic) bond motifs is 6. The lowest BCUT2D eigenvalue weighted by atomic mass is 9.37. The Morgan fingerprint density at radius 2 is 1.59 bits per heavy atom. The topological polar surface area (TPSA) is 115 Å². The molecule has 0 bridgehead atoms.